The molecule has 2 heterocycles. The zero-order chi connectivity index (χ0) is 18.0. The van der Waals surface area contributed by atoms with E-state index in [0.717, 1.165) is 50.3 Å². The van der Waals surface area contributed by atoms with Gasteiger partial charge in [-0.05, 0) is 44.9 Å². The number of likely N-dealkylation sites (tertiary alicyclic amines) is 1. The molecule has 138 valence electrons. The van der Waals surface area contributed by atoms with Crippen molar-refractivity contribution in [1.29, 1.82) is 0 Å². The second kappa shape index (κ2) is 7.75. The molecule has 0 N–H and O–H groups in total. The van der Waals surface area contributed by atoms with Gasteiger partial charge in [0.2, 0.25) is 0 Å². The highest BCUT2D eigenvalue weighted by Crippen LogP contribution is 2.24. The van der Waals surface area contributed by atoms with Gasteiger partial charge in [-0.15, -0.1) is 0 Å². The average Bonchev–Trinajstić information content (AvgIpc) is 3.01. The van der Waals surface area contributed by atoms with Crippen LogP contribution in [0.3, 0.4) is 0 Å². The van der Waals surface area contributed by atoms with Crippen molar-refractivity contribution in [2.75, 3.05) is 45.2 Å². The molecule has 0 radical (unpaired) electrons. The van der Waals surface area contributed by atoms with Gasteiger partial charge < -0.3 is 14.5 Å². The Morgan fingerprint density at radius 3 is 2.64 bits per heavy atom. The van der Waals surface area contributed by atoms with Gasteiger partial charge in [-0.3, -0.25) is 9.69 Å². The van der Waals surface area contributed by atoms with Gasteiger partial charge in [0, 0.05) is 57.6 Å². The molecule has 1 aromatic carbocycles. The summed E-state index contributed by atoms with van der Waals surface area (Å²) < 4.78 is 5.83. The molecule has 2 aliphatic rings. The highest BCUT2D eigenvalue weighted by molar-refractivity contribution is 5.95. The number of carbonyl (C=O) groups is 1. The quantitative estimate of drug-likeness (QED) is 0.840. The van der Waals surface area contributed by atoms with Crippen molar-refractivity contribution >= 4 is 11.6 Å². The van der Waals surface area contributed by atoms with Crippen LogP contribution in [0.15, 0.2) is 24.3 Å². The van der Waals surface area contributed by atoms with Gasteiger partial charge in [0.25, 0.3) is 5.91 Å². The van der Waals surface area contributed by atoms with Crippen molar-refractivity contribution in [2.24, 2.45) is 0 Å². The number of ether oxygens (including phenoxy) is 1. The summed E-state index contributed by atoms with van der Waals surface area (Å²) in [6.07, 6.45) is 2.73. The number of nitrogens with zero attached hydrogens (tertiary/aromatic N) is 3. The summed E-state index contributed by atoms with van der Waals surface area (Å²) in [5.41, 5.74) is 1.86. The second-order valence-corrected chi connectivity index (χ2v) is 7.72. The van der Waals surface area contributed by atoms with Crippen LogP contribution in [0.4, 0.5) is 5.69 Å². The summed E-state index contributed by atoms with van der Waals surface area (Å²) in [6, 6.07) is 8.25. The van der Waals surface area contributed by atoms with Gasteiger partial charge in [0.05, 0.1) is 12.2 Å². The minimum absolute atomic E-state index is 0.167. The highest BCUT2D eigenvalue weighted by Gasteiger charge is 2.32. The van der Waals surface area contributed by atoms with Crippen LogP contribution in [0.2, 0.25) is 0 Å². The molecule has 2 fully saturated rings. The van der Waals surface area contributed by atoms with E-state index in [1.807, 2.05) is 43.3 Å². The van der Waals surface area contributed by atoms with Gasteiger partial charge in [-0.25, -0.2) is 0 Å². The topological polar surface area (TPSA) is 36.0 Å². The van der Waals surface area contributed by atoms with Crippen molar-refractivity contribution in [3.63, 3.8) is 0 Å². The lowest BCUT2D eigenvalue weighted by Crippen LogP contribution is -2.50. The SMILES string of the molecule is CC1CN(CC2CCCN2C(=O)c2cccc(N(C)C)c2)CC(C)O1. The van der Waals surface area contributed by atoms with Crippen LogP contribution in [0.1, 0.15) is 37.0 Å². The molecule has 1 amide bonds. The fraction of sp³-hybridized carbons (Fsp3) is 0.650. The van der Waals surface area contributed by atoms with Crippen LogP contribution < -0.4 is 4.90 Å². The van der Waals surface area contributed by atoms with Gasteiger partial charge in [-0.2, -0.15) is 0 Å². The molecule has 3 atom stereocenters. The first kappa shape index (κ1) is 18.2. The first-order valence-electron chi connectivity index (χ1n) is 9.40. The van der Waals surface area contributed by atoms with Crippen LogP contribution in [0.25, 0.3) is 0 Å². The summed E-state index contributed by atoms with van der Waals surface area (Å²) in [7, 11) is 4.01. The van der Waals surface area contributed by atoms with Crippen LogP contribution >= 0.6 is 0 Å². The lowest BCUT2D eigenvalue weighted by atomic mass is 10.1. The Bertz CT molecular complexity index is 594. The molecular weight excluding hydrogens is 314 g/mol. The van der Waals surface area contributed by atoms with Gasteiger partial charge in [0.15, 0.2) is 0 Å². The van der Waals surface area contributed by atoms with Gasteiger partial charge in [0.1, 0.15) is 0 Å². The zero-order valence-corrected chi connectivity index (χ0v) is 15.9. The number of anilines is 1. The Morgan fingerprint density at radius 2 is 1.96 bits per heavy atom. The lowest BCUT2D eigenvalue weighted by Gasteiger charge is -2.38. The van der Waals surface area contributed by atoms with Crippen molar-refractivity contribution in [3.8, 4) is 0 Å². The number of carbonyl (C=O) groups excluding carboxylic acids is 1. The normalized spacial score (nSPS) is 27.5. The Kier molecular flexibility index (Phi) is 5.64. The van der Waals surface area contributed by atoms with Crippen molar-refractivity contribution < 1.29 is 9.53 Å². The molecule has 0 saturated carbocycles. The van der Waals surface area contributed by atoms with Gasteiger partial charge in [-0.1, -0.05) is 6.07 Å². The highest BCUT2D eigenvalue weighted by atomic mass is 16.5. The molecule has 1 aromatic rings. The number of hydrogen-bond acceptors (Lipinski definition) is 4. The number of rotatable bonds is 4. The molecule has 0 aliphatic carbocycles. The van der Waals surface area contributed by atoms with Crippen molar-refractivity contribution in [3.05, 3.63) is 29.8 Å². The third-order valence-electron chi connectivity index (χ3n) is 5.21. The van der Waals surface area contributed by atoms with E-state index < -0.39 is 0 Å². The summed E-state index contributed by atoms with van der Waals surface area (Å²) >= 11 is 0. The largest absolute Gasteiger partial charge is 0.378 e. The molecule has 5 heteroatoms. The second-order valence-electron chi connectivity index (χ2n) is 7.72. The zero-order valence-electron chi connectivity index (χ0n) is 15.9. The van der Waals surface area contributed by atoms with E-state index in [4.69, 9.17) is 4.74 Å². The third-order valence-corrected chi connectivity index (χ3v) is 5.21. The summed E-state index contributed by atoms with van der Waals surface area (Å²) in [5, 5.41) is 0. The number of morpholine rings is 1. The van der Waals surface area contributed by atoms with Crippen molar-refractivity contribution in [2.45, 2.75) is 44.9 Å². The molecular formula is C20H31N3O2. The molecule has 0 aromatic heterocycles. The number of amides is 1. The monoisotopic (exact) mass is 345 g/mol. The van der Waals surface area contributed by atoms with Crippen LogP contribution in [0, 0.1) is 0 Å². The van der Waals surface area contributed by atoms with Crippen molar-refractivity contribution in [1.82, 2.24) is 9.80 Å². The Balaban J connectivity index is 1.68. The molecule has 25 heavy (non-hydrogen) atoms. The van der Waals surface area contributed by atoms with E-state index in [0.29, 0.717) is 6.04 Å². The first-order valence-corrected chi connectivity index (χ1v) is 9.40. The fourth-order valence-corrected chi connectivity index (χ4v) is 4.11. The van der Waals surface area contributed by atoms with Crippen LogP contribution in [-0.4, -0.2) is 74.2 Å². The van der Waals surface area contributed by atoms with E-state index in [2.05, 4.69) is 23.6 Å². The maximum Gasteiger partial charge on any atom is 0.254 e. The molecule has 5 nitrogen and oxygen atoms in total. The van der Waals surface area contributed by atoms with E-state index in [1.54, 1.807) is 0 Å². The molecule has 3 rings (SSSR count). The smallest absolute Gasteiger partial charge is 0.254 e. The van der Waals surface area contributed by atoms with E-state index in [9.17, 15) is 4.79 Å². The van der Waals surface area contributed by atoms with E-state index >= 15 is 0 Å². The van der Waals surface area contributed by atoms with E-state index in [-0.39, 0.29) is 18.1 Å². The summed E-state index contributed by atoms with van der Waals surface area (Å²) in [5.74, 6) is 0.167. The predicted octanol–water partition coefficient (Wildman–Crippen LogP) is 2.47. The Hall–Kier alpha value is -1.59. The maximum absolute atomic E-state index is 13.1. The summed E-state index contributed by atoms with van der Waals surface area (Å²) in [6.45, 7) is 8.00. The minimum Gasteiger partial charge on any atom is -0.378 e. The standard InChI is InChI=1S/C20H31N3O2/c1-15-12-22(13-16(2)25-15)14-19-9-6-10-23(19)20(24)17-7-5-8-18(11-17)21(3)4/h5,7-8,11,15-16,19H,6,9-10,12-14H2,1-4H3. The minimum atomic E-state index is 0.167. The molecule has 2 saturated heterocycles. The van der Waals surface area contributed by atoms with Crippen LogP contribution in [-0.2, 0) is 4.74 Å². The Morgan fingerprint density at radius 1 is 1.24 bits per heavy atom. The lowest BCUT2D eigenvalue weighted by molar-refractivity contribution is -0.0715. The predicted molar refractivity (Wildman–Crippen MR) is 101 cm³/mol. The van der Waals surface area contributed by atoms with Gasteiger partial charge >= 0.3 is 0 Å². The maximum atomic E-state index is 13.1. The Labute approximate surface area is 151 Å². The number of benzene rings is 1. The molecule has 0 spiro atoms. The third kappa shape index (κ3) is 4.33. The number of hydrogen-bond donors (Lipinski definition) is 0. The fourth-order valence-electron chi connectivity index (χ4n) is 4.11. The summed E-state index contributed by atoms with van der Waals surface area (Å²) in [4.78, 5) is 19.6. The van der Waals surface area contributed by atoms with Crippen LogP contribution in [0.5, 0.6) is 0 Å². The average molecular weight is 345 g/mol. The molecule has 3 unspecified atom stereocenters. The molecule has 2 aliphatic heterocycles. The first-order chi connectivity index (χ1) is 11.9. The molecule has 0 bridgehead atoms. The van der Waals surface area contributed by atoms with E-state index in [1.165, 1.54) is 0 Å².